The maximum atomic E-state index is 15.1. The average Bonchev–Trinajstić information content (AvgIpc) is 3.45. The van der Waals surface area contributed by atoms with Crippen molar-refractivity contribution in [2.45, 2.75) is 64.4 Å². The third-order valence-electron chi connectivity index (χ3n) is 11.1. The molecule has 9 nitrogen and oxygen atoms in total. The minimum Gasteiger partial charge on any atom is -0.457 e. The van der Waals surface area contributed by atoms with Gasteiger partial charge in [0.15, 0.2) is 19.7 Å². The average molecular weight is 777 g/mol. The molecule has 2 heterocycles. The summed E-state index contributed by atoms with van der Waals surface area (Å²) in [7, 11) is -0.792. The largest absolute Gasteiger partial charge is 0.457 e. The molecule has 0 bridgehead atoms. The van der Waals surface area contributed by atoms with Crippen molar-refractivity contribution >= 4 is 65.3 Å². The Hall–Kier alpha value is -5.02. The van der Waals surface area contributed by atoms with Crippen LogP contribution in [0.15, 0.2) is 131 Å². The van der Waals surface area contributed by atoms with Gasteiger partial charge in [0.1, 0.15) is 12.0 Å². The number of amides is 1. The van der Waals surface area contributed by atoms with Gasteiger partial charge in [0.25, 0.3) is 0 Å². The molecule has 1 fully saturated rings. The third kappa shape index (κ3) is 7.26. The number of hydrogen-bond acceptors (Lipinski definition) is 7. The lowest BCUT2D eigenvalue weighted by Crippen LogP contribution is -2.69. The van der Waals surface area contributed by atoms with E-state index in [1.54, 1.807) is 30.1 Å². The van der Waals surface area contributed by atoms with E-state index >= 15 is 4.79 Å². The van der Waals surface area contributed by atoms with Crippen molar-refractivity contribution in [2.75, 3.05) is 6.61 Å². The first kappa shape index (κ1) is 39.7. The second-order valence-corrected chi connectivity index (χ2v) is 23.6. The quantitative estimate of drug-likeness (QED) is 0.0324. The Kier molecular flexibility index (Phi) is 11.3. The molecule has 1 saturated heterocycles. The van der Waals surface area contributed by atoms with Gasteiger partial charge in [0.05, 0.1) is 23.6 Å². The van der Waals surface area contributed by atoms with E-state index in [1.807, 2.05) is 97.9 Å². The van der Waals surface area contributed by atoms with Crippen molar-refractivity contribution in [2.24, 2.45) is 13.0 Å². The van der Waals surface area contributed by atoms with Crippen LogP contribution in [0.25, 0.3) is 11.1 Å². The van der Waals surface area contributed by atoms with Crippen molar-refractivity contribution in [1.29, 1.82) is 0 Å². The van der Waals surface area contributed by atoms with Gasteiger partial charge in [-0.1, -0.05) is 124 Å². The lowest BCUT2D eigenvalue weighted by atomic mass is 9.79. The minimum atomic E-state index is -3.21. The lowest BCUT2D eigenvalue weighted by Gasteiger charge is -2.53. The predicted octanol–water partition coefficient (Wildman–Crippen LogP) is 6.79. The Morgan fingerprint density at radius 3 is 1.91 bits per heavy atom. The van der Waals surface area contributed by atoms with E-state index in [9.17, 15) is 14.4 Å². The van der Waals surface area contributed by atoms with Crippen LogP contribution in [-0.2, 0) is 25.8 Å². The number of rotatable bonds is 13. The summed E-state index contributed by atoms with van der Waals surface area (Å²) in [4.78, 5) is 58.3. The Bertz CT molecular complexity index is 2240. The molecular weight excluding hydrogens is 728 g/mol. The number of esters is 1. The van der Waals surface area contributed by atoms with E-state index in [1.165, 1.54) is 10.6 Å². The molecule has 1 aromatic heterocycles. The van der Waals surface area contributed by atoms with Crippen LogP contribution >= 0.6 is 6.89 Å². The summed E-state index contributed by atoms with van der Waals surface area (Å²) in [6, 6.07) is 33.4. The highest BCUT2D eigenvalue weighted by atomic mass is 31.2. The predicted molar refractivity (Wildman–Crippen MR) is 224 cm³/mol. The van der Waals surface area contributed by atoms with Crippen molar-refractivity contribution in [3.8, 4) is 0 Å². The number of Topliss-reactive ketones (excluding diaryl/α,β-unsaturated/α-hetero) is 1. The molecule has 0 unspecified atom stereocenters. The summed E-state index contributed by atoms with van der Waals surface area (Å²) in [5, 5.41) is 2.38. The van der Waals surface area contributed by atoms with E-state index in [4.69, 9.17) is 13.6 Å². The van der Waals surface area contributed by atoms with Crippen LogP contribution in [0.1, 0.15) is 44.5 Å². The standard InChI is InChI=1S/C44H49N2O7PSi/c1-9-27-51-42(49)41(54(32-19-13-10-14-20-32,33-21-15-11-16-22-33)34-23-17-12-18-24-34)46-36(39(40(46)48)30(2)53-55(7,8)44(3,4)5)29-37(47)31-25-26-35-38(28-31)52-43(50)45(35)6/h9-26,28,30,36,39H,1,27,29H2,2-8H3/t30-,36+,39+/m0/s1. The molecule has 6 rings (SSSR count). The van der Waals surface area contributed by atoms with Gasteiger partial charge in [0, 0.05) is 25.9 Å². The Balaban J connectivity index is 1.63. The van der Waals surface area contributed by atoms with Gasteiger partial charge in [-0.05, 0) is 59.2 Å². The van der Waals surface area contributed by atoms with Crippen LogP contribution in [0.3, 0.4) is 0 Å². The minimum absolute atomic E-state index is 0.0804. The molecule has 0 radical (unpaired) electrons. The molecule has 0 aliphatic carbocycles. The number of β-lactam (4-membered cyclic amide) rings is 1. The molecule has 286 valence electrons. The zero-order valence-corrected chi connectivity index (χ0v) is 34.4. The number of carbonyl (C=O) groups is 3. The van der Waals surface area contributed by atoms with Crippen LogP contribution in [0.5, 0.6) is 0 Å². The van der Waals surface area contributed by atoms with Gasteiger partial charge in [0.2, 0.25) is 5.91 Å². The molecule has 4 aromatic carbocycles. The molecule has 11 heteroatoms. The fourth-order valence-corrected chi connectivity index (χ4v) is 13.1. The number of ether oxygens (including phenoxy) is 1. The van der Waals surface area contributed by atoms with Gasteiger partial charge >= 0.3 is 11.7 Å². The van der Waals surface area contributed by atoms with Crippen molar-refractivity contribution < 1.29 is 28.0 Å². The number of fused-ring (bicyclic) bond motifs is 1. The number of carbonyl (C=O) groups excluding carboxylic acids is 3. The van der Waals surface area contributed by atoms with Crippen molar-refractivity contribution in [3.63, 3.8) is 0 Å². The molecular formula is C44H49N2O7PSi. The Morgan fingerprint density at radius 1 is 0.891 bits per heavy atom. The maximum absolute atomic E-state index is 15.1. The number of ketones is 1. The van der Waals surface area contributed by atoms with Gasteiger partial charge in [-0.3, -0.25) is 14.2 Å². The summed E-state index contributed by atoms with van der Waals surface area (Å²) in [5.41, 5.74) is 1.35. The Labute approximate surface area is 323 Å². The van der Waals surface area contributed by atoms with E-state index in [0.717, 1.165) is 15.9 Å². The first-order valence-electron chi connectivity index (χ1n) is 18.5. The summed E-state index contributed by atoms with van der Waals surface area (Å²) in [5.74, 6) is -2.54. The first-order chi connectivity index (χ1) is 26.1. The zero-order valence-electron chi connectivity index (χ0n) is 32.5. The van der Waals surface area contributed by atoms with Gasteiger partial charge in [-0.25, -0.2) is 9.59 Å². The van der Waals surface area contributed by atoms with Crippen molar-refractivity contribution in [1.82, 2.24) is 9.47 Å². The second-order valence-electron chi connectivity index (χ2n) is 15.5. The van der Waals surface area contributed by atoms with Gasteiger partial charge in [-0.2, -0.15) is 0 Å². The lowest BCUT2D eigenvalue weighted by molar-refractivity contribution is -0.156. The topological polar surface area (TPSA) is 108 Å². The number of oxazole rings is 1. The Morgan fingerprint density at radius 2 is 1.42 bits per heavy atom. The molecule has 1 aliphatic heterocycles. The molecule has 0 N–H and O–H groups in total. The number of likely N-dealkylation sites (tertiary alicyclic amines) is 1. The smallest absolute Gasteiger partial charge is 0.419 e. The second kappa shape index (κ2) is 15.6. The highest BCUT2D eigenvalue weighted by molar-refractivity contribution is 7.96. The van der Waals surface area contributed by atoms with Crippen LogP contribution < -0.4 is 21.7 Å². The van der Waals surface area contributed by atoms with Crippen molar-refractivity contribution in [3.05, 3.63) is 138 Å². The highest BCUT2D eigenvalue weighted by Crippen LogP contribution is 2.51. The van der Waals surface area contributed by atoms with Crippen LogP contribution in [0, 0.1) is 5.92 Å². The van der Waals surface area contributed by atoms with E-state index in [0.29, 0.717) is 11.1 Å². The van der Waals surface area contributed by atoms with Crippen LogP contribution in [0.4, 0.5) is 0 Å². The van der Waals surface area contributed by atoms with Gasteiger partial charge in [-0.15, -0.1) is 0 Å². The molecule has 5 aromatic rings. The monoisotopic (exact) mass is 776 g/mol. The number of nitrogens with zero attached hydrogens (tertiary/aromatic N) is 2. The molecule has 3 atom stereocenters. The van der Waals surface area contributed by atoms with E-state index in [-0.39, 0.29) is 40.8 Å². The molecule has 0 saturated carbocycles. The van der Waals surface area contributed by atoms with Crippen LogP contribution in [0.2, 0.25) is 18.1 Å². The number of aromatic nitrogens is 1. The maximum Gasteiger partial charge on any atom is 0.419 e. The van der Waals surface area contributed by atoms with E-state index < -0.39 is 45.0 Å². The molecule has 1 amide bonds. The number of hydrogen-bond donors (Lipinski definition) is 0. The zero-order chi connectivity index (χ0) is 39.7. The first-order valence-corrected chi connectivity index (χ1v) is 23.2. The number of aryl methyl sites for hydroxylation is 1. The molecule has 55 heavy (non-hydrogen) atoms. The molecule has 1 aliphatic rings. The summed E-state index contributed by atoms with van der Waals surface area (Å²) >= 11 is 0. The molecule has 0 spiro atoms. The fourth-order valence-electron chi connectivity index (χ4n) is 7.26. The highest BCUT2D eigenvalue weighted by Gasteiger charge is 2.57. The summed E-state index contributed by atoms with van der Waals surface area (Å²) in [6.07, 6.45) is 0.805. The van der Waals surface area contributed by atoms with Gasteiger partial charge < -0.3 is 18.5 Å². The van der Waals surface area contributed by atoms with Crippen LogP contribution in [-0.4, -0.2) is 59.6 Å². The summed E-state index contributed by atoms with van der Waals surface area (Å²) < 4.78 is 19.6. The fraction of sp³-hybridized carbons (Fsp3) is 0.295. The SMILES string of the molecule is C=CCOC(=O)C(N1C(=O)[C@H]([C@H](C)O[Si](C)(C)C(C)(C)C)[C@H]1CC(=O)c1ccc2c(c1)oc(=O)n2C)=P(c1ccccc1)(c1ccccc1)c1ccccc1. The summed E-state index contributed by atoms with van der Waals surface area (Å²) in [6.45, 7) is 13.1. The number of benzene rings is 4. The normalized spacial score (nSPS) is 16.7. The third-order valence-corrected chi connectivity index (χ3v) is 19.9. The van der Waals surface area contributed by atoms with E-state index in [2.05, 4.69) is 40.4 Å².